The molecule has 0 aliphatic carbocycles. The number of esters is 1. The van der Waals surface area contributed by atoms with Gasteiger partial charge in [-0.15, -0.1) is 0 Å². The number of hydrogen-bond donors (Lipinski definition) is 1. The van der Waals surface area contributed by atoms with Crippen LogP contribution < -0.4 is 5.32 Å². The number of hydrogen-bond acceptors (Lipinski definition) is 4. The SMILES string of the molecule is CC(C)(C)OC(=O)NC(C)(C)C(C)(C)C(=O)OCCl. The maximum atomic E-state index is 11.9. The zero-order valence-corrected chi connectivity index (χ0v) is 13.5. The minimum absolute atomic E-state index is 0.217. The van der Waals surface area contributed by atoms with Crippen molar-refractivity contribution >= 4 is 23.7 Å². The van der Waals surface area contributed by atoms with Crippen molar-refractivity contribution in [3.05, 3.63) is 0 Å². The number of halogens is 1. The Kier molecular flexibility index (Phi) is 5.68. The van der Waals surface area contributed by atoms with Crippen LogP contribution in [0.1, 0.15) is 48.5 Å². The van der Waals surface area contributed by atoms with E-state index in [0.29, 0.717) is 0 Å². The summed E-state index contributed by atoms with van der Waals surface area (Å²) >= 11 is 5.39. The fraction of sp³-hybridized carbons (Fsp3) is 0.846. The molecule has 0 unspecified atom stereocenters. The maximum absolute atomic E-state index is 11.9. The quantitative estimate of drug-likeness (QED) is 0.639. The van der Waals surface area contributed by atoms with Crippen LogP contribution in [0.4, 0.5) is 4.79 Å². The largest absolute Gasteiger partial charge is 0.449 e. The highest BCUT2D eigenvalue weighted by molar-refractivity contribution is 6.17. The number of carbonyl (C=O) groups is 2. The van der Waals surface area contributed by atoms with Crippen molar-refractivity contribution in [3.63, 3.8) is 0 Å². The molecule has 19 heavy (non-hydrogen) atoms. The number of carbonyl (C=O) groups excluding carboxylic acids is 2. The lowest BCUT2D eigenvalue weighted by Gasteiger charge is -2.39. The van der Waals surface area contributed by atoms with E-state index in [0.717, 1.165) is 0 Å². The summed E-state index contributed by atoms with van der Waals surface area (Å²) in [5.74, 6) is -0.483. The second-order valence-corrected chi connectivity index (χ2v) is 6.64. The molecule has 0 rings (SSSR count). The molecule has 0 saturated carbocycles. The molecular weight excluding hydrogens is 270 g/mol. The smallest absolute Gasteiger partial charge is 0.408 e. The average Bonchev–Trinajstić information content (AvgIpc) is 2.13. The van der Waals surface area contributed by atoms with E-state index in [9.17, 15) is 9.59 Å². The summed E-state index contributed by atoms with van der Waals surface area (Å²) in [5.41, 5.74) is -2.39. The molecule has 0 aliphatic heterocycles. The molecule has 0 spiro atoms. The Hall–Kier alpha value is -0.970. The standard InChI is InChI=1S/C13H24ClNO4/c1-11(2,3)19-10(17)15-13(6,7)12(4,5)9(16)18-8-14/h8H2,1-7H3,(H,15,17). The average molecular weight is 294 g/mol. The first kappa shape index (κ1) is 18.0. The van der Waals surface area contributed by atoms with Gasteiger partial charge in [0.2, 0.25) is 0 Å². The molecule has 0 fully saturated rings. The van der Waals surface area contributed by atoms with Gasteiger partial charge in [-0.2, -0.15) is 0 Å². The Labute approximate surface area is 120 Å². The zero-order valence-electron chi connectivity index (χ0n) is 12.7. The Bertz CT molecular complexity index is 345. The number of nitrogens with one attached hydrogen (secondary N) is 1. The van der Waals surface area contributed by atoms with Gasteiger partial charge in [0.1, 0.15) is 5.60 Å². The highest BCUT2D eigenvalue weighted by atomic mass is 35.5. The van der Waals surface area contributed by atoms with E-state index in [1.165, 1.54) is 0 Å². The number of ether oxygens (including phenoxy) is 2. The molecule has 0 heterocycles. The summed E-state index contributed by atoms with van der Waals surface area (Å²) in [6.45, 7) is 12.1. The molecule has 0 atom stereocenters. The minimum atomic E-state index is -0.946. The third-order valence-electron chi connectivity index (χ3n) is 3.07. The van der Waals surface area contributed by atoms with E-state index >= 15 is 0 Å². The Morgan fingerprint density at radius 2 is 1.53 bits per heavy atom. The van der Waals surface area contributed by atoms with E-state index in [2.05, 4.69) is 5.32 Å². The Morgan fingerprint density at radius 1 is 1.05 bits per heavy atom. The van der Waals surface area contributed by atoms with Crippen LogP contribution in [0.15, 0.2) is 0 Å². The van der Waals surface area contributed by atoms with E-state index < -0.39 is 28.6 Å². The van der Waals surface area contributed by atoms with Gasteiger partial charge in [-0.1, -0.05) is 11.6 Å². The molecule has 0 aliphatic rings. The first-order valence-electron chi connectivity index (χ1n) is 6.08. The van der Waals surface area contributed by atoms with Gasteiger partial charge in [-0.3, -0.25) is 4.79 Å². The number of alkyl halides is 1. The highest BCUT2D eigenvalue weighted by Gasteiger charge is 2.46. The molecule has 0 bridgehead atoms. The van der Waals surface area contributed by atoms with Crippen LogP contribution in [0.25, 0.3) is 0 Å². The summed E-state index contributed by atoms with van der Waals surface area (Å²) in [5, 5.41) is 2.69. The third kappa shape index (κ3) is 5.27. The minimum Gasteiger partial charge on any atom is -0.449 e. The van der Waals surface area contributed by atoms with Gasteiger partial charge in [0.05, 0.1) is 11.0 Å². The van der Waals surface area contributed by atoms with Crippen LogP contribution in [0.3, 0.4) is 0 Å². The van der Waals surface area contributed by atoms with E-state index in [4.69, 9.17) is 21.1 Å². The van der Waals surface area contributed by atoms with Crippen LogP contribution in [0.2, 0.25) is 0 Å². The second-order valence-electron chi connectivity index (χ2n) is 6.42. The van der Waals surface area contributed by atoms with E-state index in [-0.39, 0.29) is 6.07 Å². The predicted octanol–water partition coefficient (Wildman–Crippen LogP) is 3.06. The van der Waals surface area contributed by atoms with Gasteiger partial charge in [-0.25, -0.2) is 4.79 Å². The lowest BCUT2D eigenvalue weighted by molar-refractivity contribution is -0.155. The topological polar surface area (TPSA) is 64.6 Å². The van der Waals surface area contributed by atoms with E-state index in [1.807, 2.05) is 0 Å². The highest BCUT2D eigenvalue weighted by Crippen LogP contribution is 2.32. The first-order chi connectivity index (χ1) is 8.33. The Morgan fingerprint density at radius 3 is 1.89 bits per heavy atom. The summed E-state index contributed by atoms with van der Waals surface area (Å²) in [6.07, 6.45) is -0.579. The summed E-state index contributed by atoms with van der Waals surface area (Å²) in [7, 11) is 0. The van der Waals surface area contributed by atoms with Crippen molar-refractivity contribution < 1.29 is 19.1 Å². The van der Waals surface area contributed by atoms with Gasteiger partial charge in [0.25, 0.3) is 0 Å². The van der Waals surface area contributed by atoms with Gasteiger partial charge < -0.3 is 14.8 Å². The fourth-order valence-corrected chi connectivity index (χ4v) is 1.30. The Balaban J connectivity index is 4.87. The molecule has 0 radical (unpaired) electrons. The maximum Gasteiger partial charge on any atom is 0.408 e. The normalized spacial score (nSPS) is 12.8. The first-order valence-corrected chi connectivity index (χ1v) is 6.61. The molecule has 0 saturated heterocycles. The predicted molar refractivity (Wildman–Crippen MR) is 74.0 cm³/mol. The summed E-state index contributed by atoms with van der Waals surface area (Å²) in [4.78, 5) is 23.7. The third-order valence-corrected chi connectivity index (χ3v) is 3.18. The van der Waals surface area contributed by atoms with Crippen molar-refractivity contribution in [3.8, 4) is 0 Å². The monoisotopic (exact) mass is 293 g/mol. The number of alkyl carbamates (subject to hydrolysis) is 1. The van der Waals surface area contributed by atoms with Crippen molar-refractivity contribution in [2.24, 2.45) is 5.41 Å². The van der Waals surface area contributed by atoms with Crippen molar-refractivity contribution in [1.29, 1.82) is 0 Å². The zero-order chi connectivity index (χ0) is 15.5. The van der Waals surface area contributed by atoms with Crippen LogP contribution in [-0.2, 0) is 14.3 Å². The molecule has 6 heteroatoms. The molecule has 0 aromatic heterocycles. The number of rotatable bonds is 4. The lowest BCUT2D eigenvalue weighted by Crippen LogP contribution is -2.58. The van der Waals surface area contributed by atoms with Gasteiger partial charge in [0, 0.05) is 0 Å². The van der Waals surface area contributed by atoms with Crippen LogP contribution in [0.5, 0.6) is 0 Å². The molecule has 112 valence electrons. The summed E-state index contributed by atoms with van der Waals surface area (Å²) < 4.78 is 9.99. The van der Waals surface area contributed by atoms with Crippen molar-refractivity contribution in [2.75, 3.05) is 6.07 Å². The molecule has 0 aromatic carbocycles. The second kappa shape index (κ2) is 5.99. The molecule has 1 amide bonds. The van der Waals surface area contributed by atoms with Crippen molar-refractivity contribution in [1.82, 2.24) is 5.32 Å². The fourth-order valence-electron chi connectivity index (χ4n) is 1.20. The molecule has 0 aromatic rings. The van der Waals surface area contributed by atoms with Crippen LogP contribution in [0, 0.1) is 5.41 Å². The summed E-state index contributed by atoms with van der Waals surface area (Å²) in [6, 6.07) is -0.217. The van der Waals surface area contributed by atoms with Crippen molar-refractivity contribution in [2.45, 2.75) is 59.6 Å². The van der Waals surface area contributed by atoms with Gasteiger partial charge in [-0.05, 0) is 48.5 Å². The van der Waals surface area contributed by atoms with Gasteiger partial charge in [0.15, 0.2) is 6.07 Å². The van der Waals surface area contributed by atoms with Crippen LogP contribution in [-0.4, -0.2) is 29.3 Å². The number of amides is 1. The molecule has 1 N–H and O–H groups in total. The molecule has 5 nitrogen and oxygen atoms in total. The van der Waals surface area contributed by atoms with Gasteiger partial charge >= 0.3 is 12.1 Å². The van der Waals surface area contributed by atoms with E-state index in [1.54, 1.807) is 48.5 Å². The van der Waals surface area contributed by atoms with Crippen LogP contribution >= 0.6 is 11.6 Å². The molecular formula is C13H24ClNO4. The lowest BCUT2D eigenvalue weighted by atomic mass is 9.74.